The maximum atomic E-state index is 4.54. The van der Waals surface area contributed by atoms with E-state index in [1.165, 1.54) is 0 Å². The molecule has 3 aromatic heterocycles. The Morgan fingerprint density at radius 3 is 2.73 bits per heavy atom. The summed E-state index contributed by atoms with van der Waals surface area (Å²) in [6, 6.07) is 9.62. The molecule has 7 nitrogen and oxygen atoms in total. The predicted molar refractivity (Wildman–Crippen MR) is 109 cm³/mol. The van der Waals surface area contributed by atoms with E-state index in [-0.39, 0.29) is 24.8 Å². The Kier molecular flexibility index (Phi) is 6.47. The predicted octanol–water partition coefficient (Wildman–Crippen LogP) is 4.17. The Balaban J connectivity index is 0.00000121. The first-order valence-corrected chi connectivity index (χ1v) is 7.99. The van der Waals surface area contributed by atoms with E-state index in [1.807, 2.05) is 37.4 Å². The van der Waals surface area contributed by atoms with Gasteiger partial charge in [-0.2, -0.15) is 0 Å². The van der Waals surface area contributed by atoms with Crippen LogP contribution in [-0.4, -0.2) is 29.9 Å². The molecule has 0 amide bonds. The van der Waals surface area contributed by atoms with Crippen molar-refractivity contribution < 1.29 is 0 Å². The molecular weight excluding hydrogens is 441 g/mol. The highest BCUT2D eigenvalue weighted by molar-refractivity contribution is 9.10. The summed E-state index contributed by atoms with van der Waals surface area (Å²) in [5, 5.41) is 11.4. The Hall–Kier alpha value is -2.29. The summed E-state index contributed by atoms with van der Waals surface area (Å²) < 4.78 is 2.62. The van der Waals surface area contributed by atoms with E-state index in [0.717, 1.165) is 26.8 Å². The maximum Gasteiger partial charge on any atom is 0.163 e. The number of pyridine rings is 1. The van der Waals surface area contributed by atoms with Gasteiger partial charge >= 0.3 is 0 Å². The van der Waals surface area contributed by atoms with Gasteiger partial charge in [0, 0.05) is 41.4 Å². The maximum absolute atomic E-state index is 4.54. The van der Waals surface area contributed by atoms with Gasteiger partial charge in [-0.1, -0.05) is 5.21 Å². The molecule has 4 rings (SSSR count). The molecular formula is C16H14BrCl2N7. The van der Waals surface area contributed by atoms with Gasteiger partial charge < -0.3 is 5.32 Å². The van der Waals surface area contributed by atoms with Crippen molar-refractivity contribution >= 4 is 63.3 Å². The van der Waals surface area contributed by atoms with E-state index in [1.54, 1.807) is 23.3 Å². The second kappa shape index (κ2) is 8.39. The number of nitrogens with one attached hydrogen (secondary N) is 1. The smallest absolute Gasteiger partial charge is 0.163 e. The monoisotopic (exact) mass is 453 g/mol. The Morgan fingerprint density at radius 2 is 1.92 bits per heavy atom. The average Bonchev–Trinajstić information content (AvgIpc) is 2.96. The fourth-order valence-electron chi connectivity index (χ4n) is 2.37. The number of benzene rings is 1. The summed E-state index contributed by atoms with van der Waals surface area (Å²) in [5.74, 6) is 1.30. The topological polar surface area (TPSA) is 81.4 Å². The molecule has 3 heterocycles. The molecule has 0 saturated carbocycles. The van der Waals surface area contributed by atoms with Gasteiger partial charge in [0.1, 0.15) is 11.3 Å². The van der Waals surface area contributed by atoms with Crippen molar-refractivity contribution in [3.05, 3.63) is 53.4 Å². The molecule has 26 heavy (non-hydrogen) atoms. The van der Waals surface area contributed by atoms with Crippen LogP contribution in [0.25, 0.3) is 22.4 Å². The number of anilines is 2. The van der Waals surface area contributed by atoms with Crippen molar-refractivity contribution in [1.82, 2.24) is 29.9 Å². The average molecular weight is 455 g/mol. The molecule has 0 atom stereocenters. The fraction of sp³-hybridized carbons (Fsp3) is 0.0625. The van der Waals surface area contributed by atoms with Crippen LogP contribution in [0.3, 0.4) is 0 Å². The Bertz CT molecular complexity index is 1040. The molecule has 0 aliphatic rings. The lowest BCUT2D eigenvalue weighted by molar-refractivity contribution is 0.736. The first kappa shape index (κ1) is 20.0. The third-order valence-corrected chi connectivity index (χ3v) is 3.94. The van der Waals surface area contributed by atoms with E-state index in [0.29, 0.717) is 11.6 Å². The van der Waals surface area contributed by atoms with Crippen LogP contribution < -0.4 is 5.32 Å². The van der Waals surface area contributed by atoms with Gasteiger partial charge in [-0.3, -0.25) is 4.98 Å². The van der Waals surface area contributed by atoms with Crippen LogP contribution in [0.4, 0.5) is 11.5 Å². The first-order chi connectivity index (χ1) is 11.7. The fourth-order valence-corrected chi connectivity index (χ4v) is 2.73. The molecule has 1 N–H and O–H groups in total. The minimum absolute atomic E-state index is 0. The first-order valence-electron chi connectivity index (χ1n) is 7.19. The van der Waals surface area contributed by atoms with E-state index in [4.69, 9.17) is 0 Å². The molecule has 0 unspecified atom stereocenters. The van der Waals surface area contributed by atoms with Gasteiger partial charge in [0.15, 0.2) is 5.82 Å². The van der Waals surface area contributed by atoms with Crippen molar-refractivity contribution in [3.8, 4) is 11.4 Å². The molecule has 0 saturated heterocycles. The highest BCUT2D eigenvalue weighted by Gasteiger charge is 2.06. The molecule has 0 aliphatic carbocycles. The molecule has 134 valence electrons. The van der Waals surface area contributed by atoms with E-state index < -0.39 is 0 Å². The van der Waals surface area contributed by atoms with E-state index >= 15 is 0 Å². The third-order valence-electron chi connectivity index (χ3n) is 3.50. The number of nitrogens with zero attached hydrogens (tertiary/aromatic N) is 6. The number of rotatable bonds is 3. The van der Waals surface area contributed by atoms with Crippen LogP contribution in [0, 0.1) is 0 Å². The lowest BCUT2D eigenvalue weighted by Gasteiger charge is -2.07. The van der Waals surface area contributed by atoms with Crippen LogP contribution in [0.15, 0.2) is 53.4 Å². The zero-order valence-corrected chi connectivity index (χ0v) is 16.7. The number of hydrogen-bond donors (Lipinski definition) is 1. The number of fused-ring (bicyclic) bond motifs is 1. The molecule has 0 aliphatic heterocycles. The summed E-state index contributed by atoms with van der Waals surface area (Å²) in [6.45, 7) is 0. The summed E-state index contributed by atoms with van der Waals surface area (Å²) in [4.78, 5) is 13.0. The number of aryl methyl sites for hydroxylation is 1. The van der Waals surface area contributed by atoms with Crippen molar-refractivity contribution in [1.29, 1.82) is 0 Å². The van der Waals surface area contributed by atoms with Gasteiger partial charge in [0.05, 0.1) is 5.52 Å². The highest BCUT2D eigenvalue weighted by Crippen LogP contribution is 2.22. The normalized spacial score (nSPS) is 10.1. The van der Waals surface area contributed by atoms with Gasteiger partial charge in [-0.25, -0.2) is 14.6 Å². The summed E-state index contributed by atoms with van der Waals surface area (Å²) in [6.07, 6.45) is 5.17. The number of aromatic nitrogens is 6. The van der Waals surface area contributed by atoms with Crippen LogP contribution >= 0.6 is 40.7 Å². The van der Waals surface area contributed by atoms with Gasteiger partial charge in [-0.15, -0.1) is 29.9 Å². The van der Waals surface area contributed by atoms with Gasteiger partial charge in [-0.05, 0) is 46.3 Å². The Labute approximate surface area is 170 Å². The highest BCUT2D eigenvalue weighted by atomic mass is 79.9. The van der Waals surface area contributed by atoms with Gasteiger partial charge in [0.2, 0.25) is 0 Å². The van der Waals surface area contributed by atoms with E-state index in [9.17, 15) is 0 Å². The molecule has 1 aromatic carbocycles. The summed E-state index contributed by atoms with van der Waals surface area (Å²) in [7, 11) is 1.87. The minimum Gasteiger partial charge on any atom is -0.340 e. The number of halogens is 3. The number of hydrogen-bond acceptors (Lipinski definition) is 6. The molecule has 0 spiro atoms. The van der Waals surface area contributed by atoms with Crippen LogP contribution in [-0.2, 0) is 7.05 Å². The van der Waals surface area contributed by atoms with Crippen molar-refractivity contribution in [2.75, 3.05) is 5.32 Å². The largest absolute Gasteiger partial charge is 0.340 e. The second-order valence-corrected chi connectivity index (χ2v) is 6.11. The molecule has 0 bridgehead atoms. The molecule has 0 radical (unpaired) electrons. The Morgan fingerprint density at radius 1 is 1.08 bits per heavy atom. The minimum atomic E-state index is 0. The standard InChI is InChI=1S/C16H12BrN7.2ClH/c1-24-14-3-2-12(7-13(14)22-23-24)20-15-4-5-19-16(21-15)10-6-11(17)9-18-8-10;;/h2-9H,1H3,(H,19,20,21);2*1H. The van der Waals surface area contributed by atoms with Gasteiger partial charge in [0.25, 0.3) is 0 Å². The van der Waals surface area contributed by atoms with Crippen LogP contribution in [0.1, 0.15) is 0 Å². The quantitative estimate of drug-likeness (QED) is 0.500. The van der Waals surface area contributed by atoms with Crippen molar-refractivity contribution in [2.24, 2.45) is 7.05 Å². The SMILES string of the molecule is Cl.Cl.Cn1nnc2cc(Nc3ccnc(-c4cncc(Br)c4)n3)ccc21. The van der Waals surface area contributed by atoms with Crippen molar-refractivity contribution in [2.45, 2.75) is 0 Å². The van der Waals surface area contributed by atoms with Crippen LogP contribution in [0.5, 0.6) is 0 Å². The zero-order valence-electron chi connectivity index (χ0n) is 13.5. The van der Waals surface area contributed by atoms with Crippen molar-refractivity contribution in [3.63, 3.8) is 0 Å². The van der Waals surface area contributed by atoms with E-state index in [2.05, 4.69) is 46.5 Å². The lowest BCUT2D eigenvalue weighted by Crippen LogP contribution is -1.97. The lowest BCUT2D eigenvalue weighted by atomic mass is 10.2. The second-order valence-electron chi connectivity index (χ2n) is 5.20. The van der Waals surface area contributed by atoms with Crippen LogP contribution in [0.2, 0.25) is 0 Å². The molecule has 0 fully saturated rings. The zero-order chi connectivity index (χ0) is 16.5. The third kappa shape index (κ3) is 4.09. The molecule has 4 aromatic rings. The summed E-state index contributed by atoms with van der Waals surface area (Å²) in [5.41, 5.74) is 3.54. The summed E-state index contributed by atoms with van der Waals surface area (Å²) >= 11 is 3.41. The molecule has 10 heteroatoms.